The molecule has 0 spiro atoms. The van der Waals surface area contributed by atoms with Crippen molar-refractivity contribution in [3.05, 3.63) is 53.9 Å². The molecule has 2 N–H and O–H groups in total. The van der Waals surface area contributed by atoms with Gasteiger partial charge in [-0.1, -0.05) is 6.07 Å². The fourth-order valence-electron chi connectivity index (χ4n) is 3.94. The third-order valence-electron chi connectivity index (χ3n) is 5.63. The molecule has 3 heterocycles. The Morgan fingerprint density at radius 1 is 1.11 bits per heavy atom. The van der Waals surface area contributed by atoms with Crippen LogP contribution in [0.15, 0.2) is 42.7 Å². The van der Waals surface area contributed by atoms with Gasteiger partial charge in [-0.3, -0.25) is 4.98 Å². The molecule has 0 atom stereocenters. The van der Waals surface area contributed by atoms with Gasteiger partial charge in [-0.2, -0.15) is 0 Å². The molecule has 4 rings (SSSR count). The van der Waals surface area contributed by atoms with Crippen molar-refractivity contribution in [3.63, 3.8) is 0 Å². The van der Waals surface area contributed by atoms with E-state index in [0.29, 0.717) is 11.0 Å². The van der Waals surface area contributed by atoms with E-state index in [2.05, 4.69) is 45.1 Å². The van der Waals surface area contributed by atoms with Crippen LogP contribution in [0, 0.1) is 5.92 Å². The highest BCUT2D eigenvalue weighted by Crippen LogP contribution is 2.26. The summed E-state index contributed by atoms with van der Waals surface area (Å²) in [6, 6.07) is 10.6. The van der Waals surface area contributed by atoms with Gasteiger partial charge in [0.15, 0.2) is 5.11 Å². The molecule has 0 saturated carbocycles. The number of pyridine rings is 1. The summed E-state index contributed by atoms with van der Waals surface area (Å²) in [5, 5.41) is 0.480. The van der Waals surface area contributed by atoms with E-state index in [-0.39, 0.29) is 0 Å². The Morgan fingerprint density at radius 3 is 2.63 bits per heavy atom. The summed E-state index contributed by atoms with van der Waals surface area (Å²) in [5.74, 6) is 1.56. The minimum absolute atomic E-state index is 0.480. The molecule has 2 aliphatic rings. The number of hydrogen-bond donors (Lipinski definition) is 1. The molecule has 5 nitrogen and oxygen atoms in total. The van der Waals surface area contributed by atoms with Gasteiger partial charge in [-0.25, -0.2) is 0 Å². The number of aromatic nitrogens is 1. The molecule has 6 heteroatoms. The lowest BCUT2D eigenvalue weighted by Crippen LogP contribution is -2.39. The highest BCUT2D eigenvalue weighted by Gasteiger charge is 2.21. The zero-order valence-corrected chi connectivity index (χ0v) is 16.3. The van der Waals surface area contributed by atoms with Crippen LogP contribution in [0.4, 0.5) is 5.69 Å². The summed E-state index contributed by atoms with van der Waals surface area (Å²) in [4.78, 5) is 8.58. The third kappa shape index (κ3) is 4.33. The van der Waals surface area contributed by atoms with Crippen LogP contribution in [-0.4, -0.2) is 41.2 Å². The Hall–Kier alpha value is -2.34. The second-order valence-electron chi connectivity index (χ2n) is 7.39. The first-order valence-electron chi connectivity index (χ1n) is 9.63. The zero-order valence-electron chi connectivity index (χ0n) is 15.5. The number of nitrogens with zero attached hydrogens (tertiary/aromatic N) is 3. The van der Waals surface area contributed by atoms with Crippen molar-refractivity contribution >= 4 is 23.0 Å². The lowest BCUT2D eigenvalue weighted by molar-refractivity contribution is 0.222. The fourth-order valence-corrected chi connectivity index (χ4v) is 4.09. The predicted molar refractivity (Wildman–Crippen MR) is 112 cm³/mol. The first-order chi connectivity index (χ1) is 13.2. The summed E-state index contributed by atoms with van der Waals surface area (Å²) in [7, 11) is 0. The topological polar surface area (TPSA) is 54.6 Å². The van der Waals surface area contributed by atoms with Crippen LogP contribution in [-0.2, 0) is 13.0 Å². The maximum absolute atomic E-state index is 6.14. The summed E-state index contributed by atoms with van der Waals surface area (Å²) in [5.41, 5.74) is 9.71. The molecule has 0 aliphatic carbocycles. The molecule has 1 aromatic carbocycles. The maximum atomic E-state index is 6.14. The lowest BCUT2D eigenvalue weighted by atomic mass is 9.97. The molecule has 0 bridgehead atoms. The highest BCUT2D eigenvalue weighted by atomic mass is 32.1. The quantitative estimate of drug-likeness (QED) is 0.821. The van der Waals surface area contributed by atoms with Crippen LogP contribution < -0.4 is 15.4 Å². The average Bonchev–Trinajstić information content (AvgIpc) is 2.72. The Balaban J connectivity index is 1.30. The number of piperidine rings is 1. The second kappa shape index (κ2) is 8.13. The van der Waals surface area contributed by atoms with E-state index in [4.69, 9.17) is 22.7 Å². The van der Waals surface area contributed by atoms with Crippen LogP contribution in [0.3, 0.4) is 0 Å². The largest absolute Gasteiger partial charge is 0.493 e. The summed E-state index contributed by atoms with van der Waals surface area (Å²) in [6.45, 7) is 4.61. The van der Waals surface area contributed by atoms with Gasteiger partial charge in [-0.05, 0) is 72.8 Å². The molecule has 2 aromatic rings. The van der Waals surface area contributed by atoms with Crippen LogP contribution >= 0.6 is 12.2 Å². The summed E-state index contributed by atoms with van der Waals surface area (Å²) < 4.78 is 6.14. The molecule has 2 aliphatic heterocycles. The number of thiocarbonyl (C=S) groups is 1. The van der Waals surface area contributed by atoms with E-state index < -0.39 is 0 Å². The Kier molecular flexibility index (Phi) is 5.43. The smallest absolute Gasteiger partial charge is 0.166 e. The molecule has 0 radical (unpaired) electrons. The molecule has 1 saturated heterocycles. The Bertz CT molecular complexity index is 790. The van der Waals surface area contributed by atoms with E-state index in [1.807, 2.05) is 12.4 Å². The molecule has 1 fully saturated rings. The number of anilines is 1. The second-order valence-corrected chi connectivity index (χ2v) is 7.81. The normalized spacial score (nSPS) is 17.5. The van der Waals surface area contributed by atoms with Crippen LogP contribution in [0.1, 0.15) is 24.0 Å². The number of rotatable bonds is 4. The van der Waals surface area contributed by atoms with Gasteiger partial charge in [0.05, 0.1) is 6.61 Å². The van der Waals surface area contributed by atoms with Gasteiger partial charge in [0.1, 0.15) is 5.75 Å². The standard InChI is InChI=1S/C21H26N4OS/c22-21(27)25-12-7-17-1-2-20(13-18(17)14-25)26-15-16-5-10-24(11-6-16)19-3-8-23-9-4-19/h1-4,8-9,13,16H,5-7,10-12,14-15H2,(H2,22,27). The average molecular weight is 383 g/mol. The number of ether oxygens (including phenoxy) is 1. The highest BCUT2D eigenvalue weighted by molar-refractivity contribution is 7.80. The van der Waals surface area contributed by atoms with Crippen molar-refractivity contribution in [1.82, 2.24) is 9.88 Å². The van der Waals surface area contributed by atoms with E-state index in [1.54, 1.807) is 0 Å². The van der Waals surface area contributed by atoms with E-state index in [9.17, 15) is 0 Å². The number of fused-ring (bicyclic) bond motifs is 1. The number of nitrogens with two attached hydrogens (primary N) is 1. The van der Waals surface area contributed by atoms with E-state index in [0.717, 1.165) is 57.8 Å². The van der Waals surface area contributed by atoms with E-state index >= 15 is 0 Å². The van der Waals surface area contributed by atoms with Crippen molar-refractivity contribution in [3.8, 4) is 5.75 Å². The van der Waals surface area contributed by atoms with Crippen LogP contribution in [0.25, 0.3) is 0 Å². The molecule has 0 unspecified atom stereocenters. The van der Waals surface area contributed by atoms with Crippen LogP contribution in [0.5, 0.6) is 5.75 Å². The molecular formula is C21H26N4OS. The van der Waals surface area contributed by atoms with Crippen molar-refractivity contribution in [2.75, 3.05) is 31.1 Å². The van der Waals surface area contributed by atoms with Crippen molar-refractivity contribution < 1.29 is 4.74 Å². The SMILES string of the molecule is NC(=S)N1CCc2ccc(OCC3CCN(c4ccncc4)CC3)cc2C1. The zero-order chi connectivity index (χ0) is 18.6. The van der Waals surface area contributed by atoms with Gasteiger partial charge < -0.3 is 20.3 Å². The fraction of sp³-hybridized carbons (Fsp3) is 0.429. The third-order valence-corrected chi connectivity index (χ3v) is 5.89. The lowest BCUT2D eigenvalue weighted by Gasteiger charge is -2.33. The monoisotopic (exact) mass is 382 g/mol. The van der Waals surface area contributed by atoms with Crippen molar-refractivity contribution in [1.29, 1.82) is 0 Å². The van der Waals surface area contributed by atoms with Crippen LogP contribution in [0.2, 0.25) is 0 Å². The molecule has 142 valence electrons. The Morgan fingerprint density at radius 2 is 1.89 bits per heavy atom. The first-order valence-corrected chi connectivity index (χ1v) is 10.0. The van der Waals surface area contributed by atoms with Crippen molar-refractivity contribution in [2.45, 2.75) is 25.8 Å². The Labute approximate surface area is 166 Å². The summed E-state index contributed by atoms with van der Waals surface area (Å²) >= 11 is 5.12. The van der Waals surface area contributed by atoms with Gasteiger partial charge in [0.25, 0.3) is 0 Å². The summed E-state index contributed by atoms with van der Waals surface area (Å²) in [6.07, 6.45) is 7.02. The van der Waals surface area contributed by atoms with Crippen molar-refractivity contribution in [2.24, 2.45) is 11.7 Å². The van der Waals surface area contributed by atoms with Gasteiger partial charge in [0, 0.05) is 44.3 Å². The molecule has 1 aromatic heterocycles. The van der Waals surface area contributed by atoms with Gasteiger partial charge in [-0.15, -0.1) is 0 Å². The minimum Gasteiger partial charge on any atom is -0.493 e. The van der Waals surface area contributed by atoms with Gasteiger partial charge >= 0.3 is 0 Å². The van der Waals surface area contributed by atoms with Gasteiger partial charge in [0.2, 0.25) is 0 Å². The number of hydrogen-bond acceptors (Lipinski definition) is 4. The minimum atomic E-state index is 0.480. The molecule has 27 heavy (non-hydrogen) atoms. The van der Waals surface area contributed by atoms with E-state index in [1.165, 1.54) is 16.8 Å². The predicted octanol–water partition coefficient (Wildman–Crippen LogP) is 2.98. The molecule has 0 amide bonds. The first kappa shape index (κ1) is 18.0. The molecular weight excluding hydrogens is 356 g/mol. The number of benzene rings is 1. The maximum Gasteiger partial charge on any atom is 0.166 e.